The Morgan fingerprint density at radius 1 is 1.10 bits per heavy atom. The van der Waals surface area contributed by atoms with E-state index in [9.17, 15) is 10.4 Å². The van der Waals surface area contributed by atoms with Crippen molar-refractivity contribution in [3.8, 4) is 6.07 Å². The van der Waals surface area contributed by atoms with Gasteiger partial charge in [-0.25, -0.2) is 0 Å². The summed E-state index contributed by atoms with van der Waals surface area (Å²) >= 11 is 6.12. The number of nitriles is 1. The molecule has 0 unspecified atom stereocenters. The van der Waals surface area contributed by atoms with Gasteiger partial charge in [-0.15, -0.1) is 0 Å². The minimum Gasteiger partial charge on any atom is -0.394 e. The van der Waals surface area contributed by atoms with Gasteiger partial charge in [-0.1, -0.05) is 60.1 Å². The minimum atomic E-state index is -0.568. The van der Waals surface area contributed by atoms with Crippen molar-refractivity contribution in [2.45, 2.75) is 12.1 Å². The van der Waals surface area contributed by atoms with Gasteiger partial charge in [0.25, 0.3) is 0 Å². The standard InChI is InChI=1S/C16H15ClN2O/c17-14-9-5-4-8-13(14)15(10-18)19-16(11-20)12-6-2-1-3-7-12/h1-9,15-16,19-20H,11H2/t15-,16-/m0/s1. The van der Waals surface area contributed by atoms with Crippen LogP contribution in [-0.4, -0.2) is 11.7 Å². The van der Waals surface area contributed by atoms with Crippen LogP contribution in [0.5, 0.6) is 0 Å². The first-order valence-corrected chi connectivity index (χ1v) is 6.70. The maximum Gasteiger partial charge on any atom is 0.123 e. The van der Waals surface area contributed by atoms with Crippen LogP contribution < -0.4 is 5.32 Å². The van der Waals surface area contributed by atoms with Gasteiger partial charge in [-0.3, -0.25) is 5.32 Å². The number of hydrogen-bond acceptors (Lipinski definition) is 3. The molecule has 0 fully saturated rings. The summed E-state index contributed by atoms with van der Waals surface area (Å²) < 4.78 is 0. The van der Waals surface area contributed by atoms with Crippen LogP contribution in [0, 0.1) is 11.3 Å². The molecule has 2 N–H and O–H groups in total. The quantitative estimate of drug-likeness (QED) is 0.887. The first kappa shape index (κ1) is 14.5. The molecule has 2 rings (SSSR count). The molecule has 2 aromatic carbocycles. The summed E-state index contributed by atoms with van der Waals surface area (Å²) in [4.78, 5) is 0. The van der Waals surface area contributed by atoms with E-state index in [1.54, 1.807) is 6.07 Å². The van der Waals surface area contributed by atoms with Gasteiger partial charge in [0.15, 0.2) is 0 Å². The largest absolute Gasteiger partial charge is 0.394 e. The minimum absolute atomic E-state index is 0.0906. The average molecular weight is 287 g/mol. The third kappa shape index (κ3) is 3.37. The summed E-state index contributed by atoms with van der Waals surface area (Å²) in [5, 5.41) is 22.5. The molecular formula is C16H15ClN2O. The number of halogens is 1. The normalized spacial score (nSPS) is 13.4. The van der Waals surface area contributed by atoms with Gasteiger partial charge < -0.3 is 5.11 Å². The van der Waals surface area contributed by atoms with Crippen molar-refractivity contribution in [3.05, 3.63) is 70.7 Å². The first-order chi connectivity index (χ1) is 9.76. The second-order valence-corrected chi connectivity index (χ2v) is 4.80. The van der Waals surface area contributed by atoms with Gasteiger partial charge in [0.05, 0.1) is 18.7 Å². The molecule has 0 amide bonds. The number of aliphatic hydroxyl groups is 1. The maximum absolute atomic E-state index is 9.54. The van der Waals surface area contributed by atoms with Crippen molar-refractivity contribution in [2.24, 2.45) is 0 Å². The molecule has 0 aliphatic heterocycles. The third-order valence-corrected chi connectivity index (χ3v) is 3.44. The first-order valence-electron chi connectivity index (χ1n) is 6.32. The Labute approximate surface area is 123 Å². The third-order valence-electron chi connectivity index (χ3n) is 3.10. The molecule has 0 heterocycles. The Morgan fingerprint density at radius 3 is 2.35 bits per heavy atom. The zero-order valence-corrected chi connectivity index (χ0v) is 11.6. The Balaban J connectivity index is 2.22. The summed E-state index contributed by atoms with van der Waals surface area (Å²) in [6.07, 6.45) is 0. The number of aliphatic hydroxyl groups excluding tert-OH is 1. The number of rotatable bonds is 5. The SMILES string of the molecule is N#C[C@H](N[C@@H](CO)c1ccccc1)c1ccccc1Cl. The second-order valence-electron chi connectivity index (χ2n) is 4.40. The number of benzene rings is 2. The van der Waals surface area contributed by atoms with E-state index in [4.69, 9.17) is 11.6 Å². The average Bonchev–Trinajstić information content (AvgIpc) is 2.50. The van der Waals surface area contributed by atoms with Crippen LogP contribution >= 0.6 is 11.6 Å². The lowest BCUT2D eigenvalue weighted by atomic mass is 10.0. The molecule has 0 saturated carbocycles. The zero-order valence-electron chi connectivity index (χ0n) is 10.8. The summed E-state index contributed by atoms with van der Waals surface area (Å²) in [6.45, 7) is -0.0906. The molecule has 20 heavy (non-hydrogen) atoms. The van der Waals surface area contributed by atoms with E-state index < -0.39 is 6.04 Å². The van der Waals surface area contributed by atoms with Gasteiger partial charge in [-0.2, -0.15) is 5.26 Å². The topological polar surface area (TPSA) is 56.0 Å². The molecule has 0 bridgehead atoms. The lowest BCUT2D eigenvalue weighted by molar-refractivity contribution is 0.239. The van der Waals surface area contributed by atoms with Crippen LogP contribution in [0.3, 0.4) is 0 Å². The Morgan fingerprint density at radius 2 is 1.75 bits per heavy atom. The fraction of sp³-hybridized carbons (Fsp3) is 0.188. The number of hydrogen-bond donors (Lipinski definition) is 2. The zero-order chi connectivity index (χ0) is 14.4. The predicted octanol–water partition coefficient (Wildman–Crippen LogP) is 3.23. The Kier molecular flexibility index (Phi) is 5.14. The smallest absolute Gasteiger partial charge is 0.123 e. The fourth-order valence-electron chi connectivity index (χ4n) is 2.05. The van der Waals surface area contributed by atoms with Crippen molar-refractivity contribution in [1.29, 1.82) is 5.26 Å². The van der Waals surface area contributed by atoms with Gasteiger partial charge in [0, 0.05) is 10.6 Å². The van der Waals surface area contributed by atoms with E-state index in [0.29, 0.717) is 10.6 Å². The van der Waals surface area contributed by atoms with Crippen molar-refractivity contribution in [1.82, 2.24) is 5.32 Å². The molecule has 0 aliphatic carbocycles. The van der Waals surface area contributed by atoms with Crippen LogP contribution in [0.2, 0.25) is 5.02 Å². The molecular weight excluding hydrogens is 272 g/mol. The van der Waals surface area contributed by atoms with Crippen LogP contribution in [0.1, 0.15) is 23.2 Å². The number of nitrogens with zero attached hydrogens (tertiary/aromatic N) is 1. The molecule has 2 atom stereocenters. The summed E-state index contributed by atoms with van der Waals surface area (Å²) in [5.41, 5.74) is 1.65. The van der Waals surface area contributed by atoms with Crippen LogP contribution in [-0.2, 0) is 0 Å². The highest BCUT2D eigenvalue weighted by molar-refractivity contribution is 6.31. The highest BCUT2D eigenvalue weighted by Crippen LogP contribution is 2.25. The lowest BCUT2D eigenvalue weighted by Gasteiger charge is -2.21. The second kappa shape index (κ2) is 7.06. The molecule has 3 nitrogen and oxygen atoms in total. The molecule has 0 spiro atoms. The number of nitrogens with one attached hydrogen (secondary N) is 1. The van der Waals surface area contributed by atoms with E-state index >= 15 is 0 Å². The summed E-state index contributed by atoms with van der Waals surface area (Å²) in [6, 6.07) is 18.1. The van der Waals surface area contributed by atoms with Gasteiger partial charge >= 0.3 is 0 Å². The van der Waals surface area contributed by atoms with Crippen molar-refractivity contribution >= 4 is 11.6 Å². The monoisotopic (exact) mass is 286 g/mol. The van der Waals surface area contributed by atoms with E-state index in [0.717, 1.165) is 5.56 Å². The fourth-order valence-corrected chi connectivity index (χ4v) is 2.29. The highest BCUT2D eigenvalue weighted by Gasteiger charge is 2.19. The van der Waals surface area contributed by atoms with Crippen LogP contribution in [0.4, 0.5) is 0 Å². The van der Waals surface area contributed by atoms with Crippen molar-refractivity contribution in [2.75, 3.05) is 6.61 Å². The van der Waals surface area contributed by atoms with E-state index in [2.05, 4.69) is 11.4 Å². The summed E-state index contributed by atoms with van der Waals surface area (Å²) in [7, 11) is 0. The maximum atomic E-state index is 9.54. The molecule has 0 radical (unpaired) electrons. The summed E-state index contributed by atoms with van der Waals surface area (Å²) in [5.74, 6) is 0. The van der Waals surface area contributed by atoms with E-state index in [1.165, 1.54) is 0 Å². The molecule has 0 saturated heterocycles. The van der Waals surface area contributed by atoms with Crippen LogP contribution in [0.15, 0.2) is 54.6 Å². The Bertz CT molecular complexity index is 595. The van der Waals surface area contributed by atoms with Crippen molar-refractivity contribution < 1.29 is 5.11 Å². The van der Waals surface area contributed by atoms with Crippen LogP contribution in [0.25, 0.3) is 0 Å². The van der Waals surface area contributed by atoms with Gasteiger partial charge in [0.2, 0.25) is 0 Å². The van der Waals surface area contributed by atoms with E-state index in [1.807, 2.05) is 48.5 Å². The molecule has 102 valence electrons. The molecule has 4 heteroatoms. The molecule has 0 aromatic heterocycles. The van der Waals surface area contributed by atoms with Gasteiger partial charge in [-0.05, 0) is 11.6 Å². The lowest BCUT2D eigenvalue weighted by Crippen LogP contribution is -2.28. The van der Waals surface area contributed by atoms with E-state index in [-0.39, 0.29) is 12.6 Å². The molecule has 0 aliphatic rings. The Hall–Kier alpha value is -1.86. The highest BCUT2D eigenvalue weighted by atomic mass is 35.5. The molecule has 2 aromatic rings. The predicted molar refractivity (Wildman–Crippen MR) is 79.2 cm³/mol. The van der Waals surface area contributed by atoms with Gasteiger partial charge in [0.1, 0.15) is 6.04 Å². The van der Waals surface area contributed by atoms with Crippen molar-refractivity contribution in [3.63, 3.8) is 0 Å².